The van der Waals surface area contributed by atoms with Gasteiger partial charge in [0.2, 0.25) is 0 Å². The zero-order chi connectivity index (χ0) is 11.5. The number of carbonyl (C=O) groups is 1. The normalized spacial score (nSPS) is 10.4. The summed E-state index contributed by atoms with van der Waals surface area (Å²) >= 11 is 0. The average Bonchev–Trinajstić information content (AvgIpc) is 2.72. The third-order valence-electron chi connectivity index (χ3n) is 2.15. The molecule has 2 aromatic heterocycles. The lowest BCUT2D eigenvalue weighted by molar-refractivity contribution is 0.0520. The fraction of sp³-hybridized carbons (Fsp3) is 0.273. The highest BCUT2D eigenvalue weighted by atomic mass is 16.5. The van der Waals surface area contributed by atoms with Gasteiger partial charge in [0, 0.05) is 6.20 Å². The van der Waals surface area contributed by atoms with Crippen LogP contribution in [-0.4, -0.2) is 29.1 Å². The maximum Gasteiger partial charge on any atom is 0.358 e. The van der Waals surface area contributed by atoms with Crippen molar-refractivity contribution in [1.82, 2.24) is 9.38 Å². The van der Waals surface area contributed by atoms with Crippen LogP contribution in [0.1, 0.15) is 17.4 Å². The van der Waals surface area contributed by atoms with Crippen LogP contribution in [0.4, 0.5) is 0 Å². The smallest absolute Gasteiger partial charge is 0.358 e. The molecule has 0 unspecified atom stereocenters. The Hall–Kier alpha value is -2.04. The number of pyridine rings is 1. The molecule has 84 valence electrons. The molecule has 0 bridgehead atoms. The van der Waals surface area contributed by atoms with Crippen molar-refractivity contribution in [2.45, 2.75) is 6.92 Å². The molecule has 2 heterocycles. The van der Waals surface area contributed by atoms with Gasteiger partial charge in [-0.25, -0.2) is 9.78 Å². The summed E-state index contributed by atoms with van der Waals surface area (Å²) in [4.78, 5) is 15.6. The molecule has 2 rings (SSSR count). The first-order valence-corrected chi connectivity index (χ1v) is 4.95. The highest BCUT2D eigenvalue weighted by Crippen LogP contribution is 2.15. The second-order valence-electron chi connectivity index (χ2n) is 3.14. The monoisotopic (exact) mass is 220 g/mol. The molecule has 0 radical (unpaired) electrons. The van der Waals surface area contributed by atoms with Crippen molar-refractivity contribution >= 4 is 11.6 Å². The topological polar surface area (TPSA) is 52.8 Å². The van der Waals surface area contributed by atoms with Gasteiger partial charge in [-0.2, -0.15) is 0 Å². The number of hydrogen-bond donors (Lipinski definition) is 0. The molecule has 5 nitrogen and oxygen atoms in total. The first-order chi connectivity index (χ1) is 7.76. The Morgan fingerprint density at radius 2 is 2.31 bits per heavy atom. The van der Waals surface area contributed by atoms with E-state index in [1.165, 1.54) is 0 Å². The third kappa shape index (κ3) is 1.71. The van der Waals surface area contributed by atoms with E-state index >= 15 is 0 Å². The second-order valence-corrected chi connectivity index (χ2v) is 3.14. The molecule has 0 spiro atoms. The lowest BCUT2D eigenvalue weighted by Gasteiger charge is -2.01. The summed E-state index contributed by atoms with van der Waals surface area (Å²) in [7, 11) is 1.57. The summed E-state index contributed by atoms with van der Waals surface area (Å²) < 4.78 is 11.7. The van der Waals surface area contributed by atoms with Crippen molar-refractivity contribution in [2.75, 3.05) is 13.7 Å². The Morgan fingerprint density at radius 1 is 1.50 bits per heavy atom. The lowest BCUT2D eigenvalue weighted by atomic mass is 10.4. The predicted molar refractivity (Wildman–Crippen MR) is 57.7 cm³/mol. The molecule has 0 saturated carbocycles. The van der Waals surface area contributed by atoms with E-state index in [1.807, 2.05) is 6.07 Å². The molecule has 0 aliphatic heterocycles. The molecule has 0 aromatic carbocycles. The zero-order valence-electron chi connectivity index (χ0n) is 9.14. The van der Waals surface area contributed by atoms with Crippen LogP contribution in [0.3, 0.4) is 0 Å². The van der Waals surface area contributed by atoms with E-state index in [2.05, 4.69) is 4.98 Å². The Balaban J connectivity index is 2.47. The van der Waals surface area contributed by atoms with Gasteiger partial charge in [0.1, 0.15) is 5.65 Å². The summed E-state index contributed by atoms with van der Waals surface area (Å²) in [6.45, 7) is 2.10. The fourth-order valence-corrected chi connectivity index (χ4v) is 1.46. The summed E-state index contributed by atoms with van der Waals surface area (Å²) in [5.74, 6) is 0.203. The van der Waals surface area contributed by atoms with Crippen LogP contribution in [0.2, 0.25) is 0 Å². The number of aromatic nitrogens is 2. The Morgan fingerprint density at radius 3 is 3.00 bits per heavy atom. The van der Waals surface area contributed by atoms with Crippen molar-refractivity contribution in [3.63, 3.8) is 0 Å². The van der Waals surface area contributed by atoms with Crippen molar-refractivity contribution in [2.24, 2.45) is 0 Å². The van der Waals surface area contributed by atoms with E-state index in [-0.39, 0.29) is 5.69 Å². The second kappa shape index (κ2) is 4.22. The number of imidazole rings is 1. The summed E-state index contributed by atoms with van der Waals surface area (Å²) in [6, 6.07) is 5.41. The van der Waals surface area contributed by atoms with Gasteiger partial charge in [-0.15, -0.1) is 0 Å². The standard InChI is InChI=1S/C11H12N2O3/c1-3-16-11(14)8-7-13-9(12-8)5-4-6-10(13)15-2/h4-7H,3H2,1-2H3. The number of hydrogen-bond acceptors (Lipinski definition) is 4. The van der Waals surface area contributed by atoms with Crippen LogP contribution in [0.15, 0.2) is 24.4 Å². The minimum absolute atomic E-state index is 0.284. The van der Waals surface area contributed by atoms with Gasteiger partial charge in [0.25, 0.3) is 0 Å². The average molecular weight is 220 g/mol. The number of esters is 1. The Bertz CT molecular complexity index is 519. The highest BCUT2D eigenvalue weighted by molar-refractivity contribution is 5.88. The molecular weight excluding hydrogens is 208 g/mol. The van der Waals surface area contributed by atoms with E-state index < -0.39 is 5.97 Å². The number of carbonyl (C=O) groups excluding carboxylic acids is 1. The lowest BCUT2D eigenvalue weighted by Crippen LogP contribution is -2.04. The molecule has 0 saturated heterocycles. The van der Waals surface area contributed by atoms with E-state index in [0.29, 0.717) is 18.1 Å². The van der Waals surface area contributed by atoms with Gasteiger partial charge in [0.15, 0.2) is 11.6 Å². The first kappa shape index (κ1) is 10.5. The molecule has 16 heavy (non-hydrogen) atoms. The van der Waals surface area contributed by atoms with E-state index in [1.54, 1.807) is 36.8 Å². The molecule has 5 heteroatoms. The molecule has 0 fully saturated rings. The van der Waals surface area contributed by atoms with Gasteiger partial charge < -0.3 is 9.47 Å². The van der Waals surface area contributed by atoms with Gasteiger partial charge in [-0.3, -0.25) is 4.40 Å². The summed E-state index contributed by atoms with van der Waals surface area (Å²) in [5, 5.41) is 0. The molecule has 2 aromatic rings. The highest BCUT2D eigenvalue weighted by Gasteiger charge is 2.12. The number of ether oxygens (including phenoxy) is 2. The Kier molecular flexibility index (Phi) is 2.76. The van der Waals surface area contributed by atoms with Crippen molar-refractivity contribution in [1.29, 1.82) is 0 Å². The van der Waals surface area contributed by atoms with Crippen molar-refractivity contribution in [3.8, 4) is 5.88 Å². The maximum absolute atomic E-state index is 11.5. The van der Waals surface area contributed by atoms with Gasteiger partial charge >= 0.3 is 5.97 Å². The van der Waals surface area contributed by atoms with E-state index in [9.17, 15) is 4.79 Å². The number of fused-ring (bicyclic) bond motifs is 1. The van der Waals surface area contributed by atoms with Crippen LogP contribution in [0.5, 0.6) is 5.88 Å². The van der Waals surface area contributed by atoms with Crippen LogP contribution in [0, 0.1) is 0 Å². The van der Waals surface area contributed by atoms with E-state index in [0.717, 1.165) is 0 Å². The first-order valence-electron chi connectivity index (χ1n) is 4.95. The van der Waals surface area contributed by atoms with Gasteiger partial charge in [-0.05, 0) is 19.1 Å². The summed E-state index contributed by atoms with van der Waals surface area (Å²) in [6.07, 6.45) is 1.60. The van der Waals surface area contributed by atoms with Crippen molar-refractivity contribution < 1.29 is 14.3 Å². The predicted octanol–water partition coefficient (Wildman–Crippen LogP) is 1.52. The molecule has 0 N–H and O–H groups in total. The fourth-order valence-electron chi connectivity index (χ4n) is 1.46. The minimum Gasteiger partial charge on any atom is -0.482 e. The minimum atomic E-state index is -0.423. The van der Waals surface area contributed by atoms with Gasteiger partial charge in [-0.1, -0.05) is 6.07 Å². The molecule has 0 amide bonds. The molecular formula is C11H12N2O3. The summed E-state index contributed by atoms with van der Waals surface area (Å²) in [5.41, 5.74) is 0.939. The number of methoxy groups -OCH3 is 1. The van der Waals surface area contributed by atoms with Crippen LogP contribution < -0.4 is 4.74 Å². The zero-order valence-corrected chi connectivity index (χ0v) is 9.14. The van der Waals surface area contributed by atoms with E-state index in [4.69, 9.17) is 9.47 Å². The maximum atomic E-state index is 11.5. The molecule has 0 aliphatic carbocycles. The molecule has 0 aliphatic rings. The SMILES string of the molecule is CCOC(=O)c1cn2c(OC)cccc2n1. The van der Waals surface area contributed by atoms with Crippen LogP contribution in [-0.2, 0) is 4.74 Å². The largest absolute Gasteiger partial charge is 0.482 e. The van der Waals surface area contributed by atoms with Crippen LogP contribution in [0.25, 0.3) is 5.65 Å². The Labute approximate surface area is 92.6 Å². The van der Waals surface area contributed by atoms with Crippen molar-refractivity contribution in [3.05, 3.63) is 30.1 Å². The molecule has 0 atom stereocenters. The van der Waals surface area contributed by atoms with Gasteiger partial charge in [0.05, 0.1) is 13.7 Å². The third-order valence-corrected chi connectivity index (χ3v) is 2.15. The number of nitrogens with zero attached hydrogens (tertiary/aromatic N) is 2. The number of rotatable bonds is 3. The van der Waals surface area contributed by atoms with Crippen LogP contribution >= 0.6 is 0 Å². The quantitative estimate of drug-likeness (QED) is 0.736.